The zero-order valence-corrected chi connectivity index (χ0v) is 12.0. The molecule has 20 heavy (non-hydrogen) atoms. The van der Waals surface area contributed by atoms with Crippen LogP contribution >= 0.6 is 0 Å². The van der Waals surface area contributed by atoms with Crippen LogP contribution in [0.3, 0.4) is 0 Å². The minimum Gasteiger partial charge on any atom is -0.480 e. The van der Waals surface area contributed by atoms with Gasteiger partial charge in [-0.05, 0) is 25.2 Å². The van der Waals surface area contributed by atoms with Gasteiger partial charge in [-0.2, -0.15) is 0 Å². The van der Waals surface area contributed by atoms with Gasteiger partial charge in [-0.15, -0.1) is 0 Å². The highest BCUT2D eigenvalue weighted by molar-refractivity contribution is 5.86. The molecule has 6 nitrogen and oxygen atoms in total. The third-order valence-electron chi connectivity index (χ3n) is 4.58. The van der Waals surface area contributed by atoms with E-state index in [1.54, 1.807) is 4.90 Å². The summed E-state index contributed by atoms with van der Waals surface area (Å²) in [6.07, 6.45) is 3.61. The van der Waals surface area contributed by atoms with Gasteiger partial charge in [0, 0.05) is 25.6 Å². The normalized spacial score (nSPS) is 34.0. The van der Waals surface area contributed by atoms with Gasteiger partial charge in [0.1, 0.15) is 5.54 Å². The Morgan fingerprint density at radius 1 is 1.40 bits per heavy atom. The lowest BCUT2D eigenvalue weighted by atomic mass is 9.76. The quantitative estimate of drug-likeness (QED) is 0.722. The number of rotatable bonds is 3. The molecule has 0 aromatic carbocycles. The number of carbonyl (C=O) groups excluding carboxylic acids is 1. The fourth-order valence-electron chi connectivity index (χ4n) is 3.36. The number of carboxylic acid groups (broad SMARTS) is 1. The van der Waals surface area contributed by atoms with E-state index in [0.29, 0.717) is 31.8 Å². The van der Waals surface area contributed by atoms with Crippen molar-refractivity contribution in [2.75, 3.05) is 19.7 Å². The van der Waals surface area contributed by atoms with Gasteiger partial charge in [0.25, 0.3) is 0 Å². The van der Waals surface area contributed by atoms with E-state index >= 15 is 0 Å². The molecule has 2 rings (SSSR count). The number of carboxylic acids is 1. The monoisotopic (exact) mass is 284 g/mol. The van der Waals surface area contributed by atoms with Gasteiger partial charge in [0.15, 0.2) is 0 Å². The van der Waals surface area contributed by atoms with Crippen LogP contribution in [0.2, 0.25) is 0 Å². The van der Waals surface area contributed by atoms with Crippen molar-refractivity contribution < 1.29 is 19.8 Å². The van der Waals surface area contributed by atoms with E-state index in [1.807, 2.05) is 6.92 Å². The van der Waals surface area contributed by atoms with E-state index in [4.69, 9.17) is 5.11 Å². The number of hydrogen-bond donors (Lipinski definition) is 3. The molecule has 3 N–H and O–H groups in total. The molecular formula is C14H24N2O4. The molecule has 3 atom stereocenters. The second-order valence-corrected chi connectivity index (χ2v) is 6.30. The van der Waals surface area contributed by atoms with Crippen LogP contribution in [0, 0.1) is 11.8 Å². The van der Waals surface area contributed by atoms with Crippen LogP contribution in [0.25, 0.3) is 0 Å². The number of likely N-dealkylation sites (tertiary alicyclic amines) is 1. The average molecular weight is 284 g/mol. The first-order valence-electron chi connectivity index (χ1n) is 7.38. The first-order chi connectivity index (χ1) is 9.47. The van der Waals surface area contributed by atoms with Gasteiger partial charge in [-0.25, -0.2) is 9.59 Å². The summed E-state index contributed by atoms with van der Waals surface area (Å²) < 4.78 is 0. The molecule has 1 heterocycles. The molecular weight excluding hydrogens is 260 g/mol. The van der Waals surface area contributed by atoms with Gasteiger partial charge < -0.3 is 20.4 Å². The van der Waals surface area contributed by atoms with Crippen LogP contribution < -0.4 is 5.32 Å². The smallest absolute Gasteiger partial charge is 0.329 e. The molecule has 6 heteroatoms. The van der Waals surface area contributed by atoms with Crippen molar-refractivity contribution in [3.8, 4) is 0 Å². The van der Waals surface area contributed by atoms with Crippen molar-refractivity contribution in [2.45, 2.75) is 44.6 Å². The minimum absolute atomic E-state index is 0.0743. The molecule has 2 fully saturated rings. The molecule has 0 aromatic heterocycles. The molecule has 1 aliphatic carbocycles. The topological polar surface area (TPSA) is 89.9 Å². The second kappa shape index (κ2) is 5.99. The predicted molar refractivity (Wildman–Crippen MR) is 73.3 cm³/mol. The summed E-state index contributed by atoms with van der Waals surface area (Å²) in [6.45, 7) is 3.20. The van der Waals surface area contributed by atoms with Crippen LogP contribution in [0.1, 0.15) is 39.0 Å². The molecule has 2 aliphatic rings. The van der Waals surface area contributed by atoms with E-state index in [-0.39, 0.29) is 18.6 Å². The maximum atomic E-state index is 12.3. The first kappa shape index (κ1) is 15.1. The van der Waals surface area contributed by atoms with Crippen LogP contribution in [0.15, 0.2) is 0 Å². The number of aliphatic hydroxyl groups excluding tert-OH is 1. The third-order valence-corrected chi connectivity index (χ3v) is 4.58. The Labute approximate surface area is 119 Å². The number of carbonyl (C=O) groups is 2. The van der Waals surface area contributed by atoms with Gasteiger partial charge in [-0.3, -0.25) is 0 Å². The van der Waals surface area contributed by atoms with E-state index in [0.717, 1.165) is 19.3 Å². The van der Waals surface area contributed by atoms with Crippen molar-refractivity contribution in [3.05, 3.63) is 0 Å². The molecule has 0 radical (unpaired) electrons. The molecule has 1 saturated carbocycles. The third kappa shape index (κ3) is 3.06. The first-order valence-corrected chi connectivity index (χ1v) is 7.38. The Morgan fingerprint density at radius 3 is 2.70 bits per heavy atom. The summed E-state index contributed by atoms with van der Waals surface area (Å²) in [7, 11) is 0. The Balaban J connectivity index is 2.01. The van der Waals surface area contributed by atoms with Crippen LogP contribution in [0.4, 0.5) is 4.79 Å². The van der Waals surface area contributed by atoms with Crippen molar-refractivity contribution in [1.29, 1.82) is 0 Å². The van der Waals surface area contributed by atoms with Gasteiger partial charge in [-0.1, -0.05) is 19.8 Å². The summed E-state index contributed by atoms with van der Waals surface area (Å²) in [5, 5.41) is 21.4. The lowest BCUT2D eigenvalue weighted by Gasteiger charge is -2.38. The Morgan fingerprint density at radius 2 is 2.15 bits per heavy atom. The Kier molecular flexibility index (Phi) is 4.52. The summed E-state index contributed by atoms with van der Waals surface area (Å²) in [6, 6.07) is -0.308. The van der Waals surface area contributed by atoms with Crippen molar-refractivity contribution in [1.82, 2.24) is 10.2 Å². The highest BCUT2D eigenvalue weighted by Gasteiger charge is 2.44. The minimum atomic E-state index is -1.12. The summed E-state index contributed by atoms with van der Waals surface area (Å²) in [5.74, 6) is -0.508. The summed E-state index contributed by atoms with van der Waals surface area (Å²) >= 11 is 0. The molecule has 2 amide bonds. The van der Waals surface area contributed by atoms with E-state index in [2.05, 4.69) is 5.32 Å². The fourth-order valence-corrected chi connectivity index (χ4v) is 3.36. The van der Waals surface area contributed by atoms with Crippen molar-refractivity contribution >= 4 is 12.0 Å². The number of nitrogens with zero attached hydrogens (tertiary/aromatic N) is 1. The van der Waals surface area contributed by atoms with E-state index in [9.17, 15) is 14.7 Å². The van der Waals surface area contributed by atoms with Crippen molar-refractivity contribution in [2.24, 2.45) is 11.8 Å². The van der Waals surface area contributed by atoms with Gasteiger partial charge in [0.05, 0.1) is 0 Å². The average Bonchev–Trinajstić information content (AvgIpc) is 2.87. The SMILES string of the molecule is CC1CCCC(NC(=O)N2CCC(CO)C2)(C(=O)O)C1. The Bertz CT molecular complexity index is 387. The molecule has 0 spiro atoms. The van der Waals surface area contributed by atoms with E-state index in [1.165, 1.54) is 0 Å². The lowest BCUT2D eigenvalue weighted by Crippen LogP contribution is -2.59. The van der Waals surface area contributed by atoms with E-state index < -0.39 is 11.5 Å². The number of aliphatic carboxylic acids is 1. The second-order valence-electron chi connectivity index (χ2n) is 6.30. The number of urea groups is 1. The Hall–Kier alpha value is -1.30. The van der Waals surface area contributed by atoms with Gasteiger partial charge >= 0.3 is 12.0 Å². The molecule has 0 aromatic rings. The largest absolute Gasteiger partial charge is 0.480 e. The zero-order chi connectivity index (χ0) is 14.8. The molecule has 3 unspecified atom stereocenters. The standard InChI is InChI=1S/C14H24N2O4/c1-10-3-2-5-14(7-10,12(18)19)15-13(20)16-6-4-11(8-16)9-17/h10-11,17H,2-9H2,1H3,(H,15,20)(H,18,19). The lowest BCUT2D eigenvalue weighted by molar-refractivity contribution is -0.146. The maximum absolute atomic E-state index is 12.3. The van der Waals surface area contributed by atoms with Crippen LogP contribution in [-0.2, 0) is 4.79 Å². The number of hydrogen-bond acceptors (Lipinski definition) is 3. The number of aliphatic hydroxyl groups is 1. The zero-order valence-electron chi connectivity index (χ0n) is 12.0. The summed E-state index contributed by atoms with van der Waals surface area (Å²) in [5.41, 5.74) is -1.12. The molecule has 114 valence electrons. The number of amides is 2. The fraction of sp³-hybridized carbons (Fsp3) is 0.857. The number of nitrogens with one attached hydrogen (secondary N) is 1. The van der Waals surface area contributed by atoms with Gasteiger partial charge in [0.2, 0.25) is 0 Å². The maximum Gasteiger partial charge on any atom is 0.329 e. The summed E-state index contributed by atoms with van der Waals surface area (Å²) in [4.78, 5) is 25.5. The predicted octanol–water partition coefficient (Wildman–Crippen LogP) is 1.04. The highest BCUT2D eigenvalue weighted by Crippen LogP contribution is 2.33. The highest BCUT2D eigenvalue weighted by atomic mass is 16.4. The van der Waals surface area contributed by atoms with Crippen LogP contribution in [-0.4, -0.2) is 52.3 Å². The molecule has 1 saturated heterocycles. The van der Waals surface area contributed by atoms with Crippen LogP contribution in [0.5, 0.6) is 0 Å². The molecule has 1 aliphatic heterocycles. The molecule has 0 bridgehead atoms. The van der Waals surface area contributed by atoms with Crippen molar-refractivity contribution in [3.63, 3.8) is 0 Å².